The number of hydrogen-bond acceptors (Lipinski definition) is 4. The number of carbonyl (C=O) groups is 1. The Bertz CT molecular complexity index is 882. The van der Waals surface area contributed by atoms with Crippen LogP contribution in [0.15, 0.2) is 48.8 Å². The lowest BCUT2D eigenvalue weighted by Gasteiger charge is -2.10. The van der Waals surface area contributed by atoms with Crippen molar-refractivity contribution in [3.8, 4) is 5.82 Å². The van der Waals surface area contributed by atoms with Gasteiger partial charge < -0.3 is 15.2 Å². The summed E-state index contributed by atoms with van der Waals surface area (Å²) in [5, 5.41) is 6.17. The molecule has 0 aliphatic rings. The van der Waals surface area contributed by atoms with Gasteiger partial charge >= 0.3 is 0 Å². The molecule has 134 valence electrons. The number of nitrogens with one attached hydrogen (secondary N) is 2. The summed E-state index contributed by atoms with van der Waals surface area (Å²) in [4.78, 5) is 21.1. The summed E-state index contributed by atoms with van der Waals surface area (Å²) < 4.78 is 1.93. The first-order valence-corrected chi connectivity index (χ1v) is 8.61. The van der Waals surface area contributed by atoms with Gasteiger partial charge in [0, 0.05) is 37.1 Å². The van der Waals surface area contributed by atoms with Crippen LogP contribution < -0.4 is 10.6 Å². The molecule has 0 spiro atoms. The molecule has 0 atom stereocenters. The topological polar surface area (TPSA) is 71.8 Å². The van der Waals surface area contributed by atoms with E-state index in [4.69, 9.17) is 0 Å². The first-order valence-electron chi connectivity index (χ1n) is 8.61. The molecule has 0 unspecified atom stereocenters. The highest BCUT2D eigenvalue weighted by atomic mass is 16.1. The van der Waals surface area contributed by atoms with E-state index in [9.17, 15) is 4.79 Å². The second-order valence-electron chi connectivity index (χ2n) is 6.31. The maximum Gasteiger partial charge on any atom is 0.251 e. The lowest BCUT2D eigenvalue weighted by Crippen LogP contribution is -2.29. The van der Waals surface area contributed by atoms with E-state index in [1.165, 1.54) is 0 Å². The Morgan fingerprint density at radius 1 is 0.962 bits per heavy atom. The summed E-state index contributed by atoms with van der Waals surface area (Å²) in [5.41, 5.74) is 2.86. The lowest BCUT2D eigenvalue weighted by molar-refractivity contribution is 0.0955. The zero-order valence-corrected chi connectivity index (χ0v) is 15.3. The molecular formula is C20H23N5O. The van der Waals surface area contributed by atoms with Gasteiger partial charge in [-0.2, -0.15) is 0 Å². The van der Waals surface area contributed by atoms with Crippen LogP contribution in [0.4, 0.5) is 5.82 Å². The van der Waals surface area contributed by atoms with E-state index in [2.05, 4.69) is 26.7 Å². The number of aromatic nitrogens is 3. The van der Waals surface area contributed by atoms with Crippen LogP contribution in [0.25, 0.3) is 5.82 Å². The predicted molar refractivity (Wildman–Crippen MR) is 103 cm³/mol. The number of nitrogens with zero attached hydrogens (tertiary/aromatic N) is 3. The highest BCUT2D eigenvalue weighted by Gasteiger charge is 2.07. The third kappa shape index (κ3) is 4.47. The summed E-state index contributed by atoms with van der Waals surface area (Å²) >= 11 is 0. The SMILES string of the molecule is Cc1cc(C)cc(C(=O)NCCNc2cc(-n3cccc3)nc(C)n2)c1. The molecule has 3 aromatic rings. The van der Waals surface area contributed by atoms with Gasteiger partial charge in [-0.25, -0.2) is 9.97 Å². The standard InChI is InChI=1S/C20H23N5O/c1-14-10-15(2)12-17(11-14)20(26)22-7-6-21-18-13-19(24-16(3)23-18)25-8-4-5-9-25/h4-5,8-13H,6-7H2,1-3H3,(H,22,26)(H,21,23,24). The van der Waals surface area contributed by atoms with Crippen molar-refractivity contribution in [2.75, 3.05) is 18.4 Å². The second kappa shape index (κ2) is 7.82. The maximum absolute atomic E-state index is 12.3. The first-order chi connectivity index (χ1) is 12.5. The summed E-state index contributed by atoms with van der Waals surface area (Å²) in [7, 11) is 0. The van der Waals surface area contributed by atoms with E-state index in [0.717, 1.165) is 22.8 Å². The largest absolute Gasteiger partial charge is 0.368 e. The molecule has 0 radical (unpaired) electrons. The summed E-state index contributed by atoms with van der Waals surface area (Å²) in [6.07, 6.45) is 3.88. The van der Waals surface area contributed by atoms with E-state index in [1.807, 2.05) is 68.1 Å². The number of anilines is 1. The molecule has 2 heterocycles. The number of carbonyl (C=O) groups excluding carboxylic acids is 1. The van der Waals surface area contributed by atoms with Crippen molar-refractivity contribution < 1.29 is 4.79 Å². The number of rotatable bonds is 6. The Kier molecular flexibility index (Phi) is 5.31. The molecular weight excluding hydrogens is 326 g/mol. The van der Waals surface area contributed by atoms with Gasteiger partial charge in [-0.3, -0.25) is 4.79 Å². The van der Waals surface area contributed by atoms with Crippen LogP contribution in [0.1, 0.15) is 27.3 Å². The van der Waals surface area contributed by atoms with Crippen molar-refractivity contribution in [3.05, 3.63) is 71.3 Å². The number of amides is 1. The van der Waals surface area contributed by atoms with Gasteiger partial charge in [-0.1, -0.05) is 17.2 Å². The quantitative estimate of drug-likeness (QED) is 0.671. The fraction of sp³-hybridized carbons (Fsp3) is 0.250. The van der Waals surface area contributed by atoms with Crippen LogP contribution in [-0.2, 0) is 0 Å². The fourth-order valence-electron chi connectivity index (χ4n) is 2.84. The van der Waals surface area contributed by atoms with Crippen molar-refractivity contribution >= 4 is 11.7 Å². The van der Waals surface area contributed by atoms with Crippen molar-refractivity contribution in [1.29, 1.82) is 0 Å². The molecule has 1 aromatic carbocycles. The Morgan fingerprint density at radius 3 is 2.35 bits per heavy atom. The summed E-state index contributed by atoms with van der Waals surface area (Å²) in [5.74, 6) is 2.18. The van der Waals surface area contributed by atoms with Crippen LogP contribution >= 0.6 is 0 Å². The zero-order chi connectivity index (χ0) is 18.5. The van der Waals surface area contributed by atoms with Crippen LogP contribution in [0.3, 0.4) is 0 Å². The van der Waals surface area contributed by atoms with Gasteiger partial charge in [0.05, 0.1) is 0 Å². The van der Waals surface area contributed by atoms with E-state index in [1.54, 1.807) is 0 Å². The lowest BCUT2D eigenvalue weighted by atomic mass is 10.1. The summed E-state index contributed by atoms with van der Waals surface area (Å²) in [6, 6.07) is 11.6. The minimum Gasteiger partial charge on any atom is -0.368 e. The summed E-state index contributed by atoms with van der Waals surface area (Å²) in [6.45, 7) is 6.93. The Labute approximate surface area is 153 Å². The van der Waals surface area contributed by atoms with Crippen LogP contribution in [-0.4, -0.2) is 33.5 Å². The van der Waals surface area contributed by atoms with Crippen molar-refractivity contribution in [3.63, 3.8) is 0 Å². The average Bonchev–Trinajstić information content (AvgIpc) is 3.12. The normalized spacial score (nSPS) is 10.6. The van der Waals surface area contributed by atoms with Gasteiger partial charge in [-0.15, -0.1) is 0 Å². The van der Waals surface area contributed by atoms with Gasteiger partial charge in [0.15, 0.2) is 0 Å². The van der Waals surface area contributed by atoms with E-state index < -0.39 is 0 Å². The smallest absolute Gasteiger partial charge is 0.251 e. The van der Waals surface area contributed by atoms with E-state index in [0.29, 0.717) is 24.5 Å². The molecule has 0 aliphatic carbocycles. The average molecular weight is 349 g/mol. The molecule has 6 nitrogen and oxygen atoms in total. The third-order valence-corrected chi connectivity index (χ3v) is 3.89. The minimum atomic E-state index is -0.0644. The monoisotopic (exact) mass is 349 g/mol. The van der Waals surface area contributed by atoms with Crippen molar-refractivity contribution in [2.45, 2.75) is 20.8 Å². The molecule has 0 aliphatic heterocycles. The molecule has 0 saturated carbocycles. The first kappa shape index (κ1) is 17.7. The highest BCUT2D eigenvalue weighted by Crippen LogP contribution is 2.11. The molecule has 3 rings (SSSR count). The molecule has 0 fully saturated rings. The van der Waals surface area contributed by atoms with E-state index in [-0.39, 0.29) is 5.91 Å². The Balaban J connectivity index is 1.56. The molecule has 6 heteroatoms. The van der Waals surface area contributed by atoms with E-state index >= 15 is 0 Å². The van der Waals surface area contributed by atoms with Gasteiger partial charge in [-0.05, 0) is 45.0 Å². The predicted octanol–water partition coefficient (Wildman–Crippen LogP) is 3.03. The Morgan fingerprint density at radius 2 is 1.65 bits per heavy atom. The second-order valence-corrected chi connectivity index (χ2v) is 6.31. The molecule has 2 N–H and O–H groups in total. The van der Waals surface area contributed by atoms with Crippen molar-refractivity contribution in [1.82, 2.24) is 19.9 Å². The highest BCUT2D eigenvalue weighted by molar-refractivity contribution is 5.94. The third-order valence-electron chi connectivity index (χ3n) is 3.89. The van der Waals surface area contributed by atoms with Gasteiger partial charge in [0.2, 0.25) is 0 Å². The zero-order valence-electron chi connectivity index (χ0n) is 15.3. The number of hydrogen-bond donors (Lipinski definition) is 2. The maximum atomic E-state index is 12.3. The van der Waals surface area contributed by atoms with Crippen LogP contribution in [0.5, 0.6) is 0 Å². The van der Waals surface area contributed by atoms with Crippen molar-refractivity contribution in [2.24, 2.45) is 0 Å². The molecule has 26 heavy (non-hydrogen) atoms. The number of benzene rings is 1. The van der Waals surface area contributed by atoms with Crippen LogP contribution in [0.2, 0.25) is 0 Å². The fourth-order valence-corrected chi connectivity index (χ4v) is 2.84. The molecule has 2 aromatic heterocycles. The van der Waals surface area contributed by atoms with Gasteiger partial charge in [0.25, 0.3) is 5.91 Å². The minimum absolute atomic E-state index is 0.0644. The molecule has 0 bridgehead atoms. The van der Waals surface area contributed by atoms with Gasteiger partial charge in [0.1, 0.15) is 17.5 Å². The number of aryl methyl sites for hydroxylation is 3. The van der Waals surface area contributed by atoms with Crippen LogP contribution in [0, 0.1) is 20.8 Å². The molecule has 0 saturated heterocycles. The Hall–Kier alpha value is -3.15. The molecule has 1 amide bonds.